The van der Waals surface area contributed by atoms with Gasteiger partial charge in [-0.2, -0.15) is 0 Å². The minimum Gasteiger partial charge on any atom is -0.303 e. The van der Waals surface area contributed by atoms with Crippen LogP contribution in [0.2, 0.25) is 0 Å². The Labute approximate surface area is 162 Å². The Kier molecular flexibility index (Phi) is 4.89. The first-order valence-corrected chi connectivity index (χ1v) is 11.6. The summed E-state index contributed by atoms with van der Waals surface area (Å²) in [5.41, 5.74) is 5.12. The van der Waals surface area contributed by atoms with Crippen molar-refractivity contribution < 1.29 is 0 Å². The highest BCUT2D eigenvalue weighted by molar-refractivity contribution is 7.13. The van der Waals surface area contributed by atoms with Gasteiger partial charge in [0.25, 0.3) is 0 Å². The minimum atomic E-state index is 0.570. The van der Waals surface area contributed by atoms with Crippen molar-refractivity contribution in [2.24, 2.45) is 5.92 Å². The van der Waals surface area contributed by atoms with E-state index < -0.39 is 0 Å². The molecular weight excluding hydrogens is 334 g/mol. The Morgan fingerprint density at radius 3 is 2.73 bits per heavy atom. The van der Waals surface area contributed by atoms with Crippen molar-refractivity contribution in [3.63, 3.8) is 0 Å². The molecule has 0 spiro atoms. The molecule has 0 aliphatic heterocycles. The number of thiophene rings is 1. The molecule has 4 aliphatic rings. The molecule has 26 heavy (non-hydrogen) atoms. The van der Waals surface area contributed by atoms with E-state index in [0.717, 1.165) is 5.92 Å². The van der Waals surface area contributed by atoms with Crippen molar-refractivity contribution in [1.82, 2.24) is 5.32 Å². The molecule has 138 valence electrons. The summed E-state index contributed by atoms with van der Waals surface area (Å²) in [6.45, 7) is 0. The van der Waals surface area contributed by atoms with E-state index in [1.807, 2.05) is 0 Å². The number of hydrogen-bond donors (Lipinski definition) is 1. The second-order valence-corrected chi connectivity index (χ2v) is 9.62. The Balaban J connectivity index is 1.29. The van der Waals surface area contributed by atoms with Crippen LogP contribution in [-0.4, -0.2) is 6.04 Å². The maximum absolute atomic E-state index is 4.03. The zero-order valence-electron chi connectivity index (χ0n) is 15.8. The average Bonchev–Trinajstić information content (AvgIpc) is 3.09. The second kappa shape index (κ2) is 7.48. The van der Waals surface area contributed by atoms with Crippen LogP contribution in [-0.2, 0) is 12.8 Å². The first kappa shape index (κ1) is 17.0. The Morgan fingerprint density at radius 2 is 1.88 bits per heavy atom. The first-order valence-electron chi connectivity index (χ1n) is 10.8. The molecule has 0 amide bonds. The van der Waals surface area contributed by atoms with Crippen LogP contribution in [0.4, 0.5) is 0 Å². The van der Waals surface area contributed by atoms with E-state index in [2.05, 4.69) is 47.0 Å². The van der Waals surface area contributed by atoms with E-state index >= 15 is 0 Å². The molecule has 1 heterocycles. The van der Waals surface area contributed by atoms with Gasteiger partial charge >= 0.3 is 0 Å². The number of allylic oxidation sites excluding steroid dienone is 4. The summed E-state index contributed by atoms with van der Waals surface area (Å²) in [4.78, 5) is 3.22. The Hall–Kier alpha value is -1.12. The van der Waals surface area contributed by atoms with Gasteiger partial charge in [0, 0.05) is 21.8 Å². The third kappa shape index (κ3) is 3.27. The van der Waals surface area contributed by atoms with E-state index in [4.69, 9.17) is 0 Å². The van der Waals surface area contributed by atoms with Crippen LogP contribution in [0.3, 0.4) is 0 Å². The van der Waals surface area contributed by atoms with Crippen LogP contribution in [0.5, 0.6) is 0 Å². The summed E-state index contributed by atoms with van der Waals surface area (Å²) in [5.74, 6) is 0.731. The largest absolute Gasteiger partial charge is 0.303 e. The van der Waals surface area contributed by atoms with Crippen molar-refractivity contribution in [3.8, 4) is 0 Å². The van der Waals surface area contributed by atoms with E-state index in [1.165, 1.54) is 70.6 Å². The summed E-state index contributed by atoms with van der Waals surface area (Å²) < 4.78 is 0. The molecule has 0 saturated heterocycles. The van der Waals surface area contributed by atoms with Crippen LogP contribution in [0.1, 0.15) is 84.7 Å². The molecule has 3 unspecified atom stereocenters. The smallest absolute Gasteiger partial charge is 0.0422 e. The molecule has 3 atom stereocenters. The first-order chi connectivity index (χ1) is 12.9. The fourth-order valence-electron chi connectivity index (χ4n) is 5.42. The van der Waals surface area contributed by atoms with E-state index in [1.54, 1.807) is 26.5 Å². The lowest BCUT2D eigenvalue weighted by Crippen LogP contribution is -2.35. The van der Waals surface area contributed by atoms with E-state index in [-0.39, 0.29) is 0 Å². The van der Waals surface area contributed by atoms with Gasteiger partial charge in [-0.15, -0.1) is 11.3 Å². The SMILES string of the molecule is C1=Cc2sc3c(c2CC1)CCCC3NC1C=CC(C2=CCCCC2)CC1. The number of rotatable bonds is 3. The maximum Gasteiger partial charge on any atom is 0.0422 e. The third-order valence-electron chi connectivity index (χ3n) is 6.83. The van der Waals surface area contributed by atoms with Crippen LogP contribution in [0, 0.1) is 5.92 Å². The van der Waals surface area contributed by atoms with Gasteiger partial charge < -0.3 is 5.32 Å². The number of hydrogen-bond acceptors (Lipinski definition) is 2. The van der Waals surface area contributed by atoms with Crippen LogP contribution < -0.4 is 5.32 Å². The highest BCUT2D eigenvalue weighted by Crippen LogP contribution is 2.42. The van der Waals surface area contributed by atoms with Crippen molar-refractivity contribution in [2.75, 3.05) is 0 Å². The normalized spacial score (nSPS) is 30.6. The van der Waals surface area contributed by atoms with Gasteiger partial charge in [0.1, 0.15) is 0 Å². The monoisotopic (exact) mass is 365 g/mol. The topological polar surface area (TPSA) is 12.0 Å². The maximum atomic E-state index is 4.03. The Bertz CT molecular complexity index is 751. The van der Waals surface area contributed by atoms with Gasteiger partial charge in [0.2, 0.25) is 0 Å². The van der Waals surface area contributed by atoms with Crippen molar-refractivity contribution >= 4 is 17.4 Å². The molecule has 1 aromatic rings. The van der Waals surface area contributed by atoms with Gasteiger partial charge in [-0.05, 0) is 93.7 Å². The zero-order valence-corrected chi connectivity index (χ0v) is 16.6. The summed E-state index contributed by atoms with van der Waals surface area (Å²) in [5, 5.41) is 4.03. The van der Waals surface area contributed by atoms with Gasteiger partial charge in [-0.3, -0.25) is 0 Å². The van der Waals surface area contributed by atoms with Crippen LogP contribution in [0.15, 0.2) is 29.9 Å². The standard InChI is InChI=1S/C24H31NS/c1-2-7-17(8-3-1)18-13-15-19(16-14-18)25-22-11-6-10-21-20-9-4-5-12-23(20)26-24(21)22/h5,7,12-13,15,18-19,22,25H,1-4,6,8-11,14,16H2. The summed E-state index contributed by atoms with van der Waals surface area (Å²) in [7, 11) is 0. The molecule has 5 rings (SSSR count). The summed E-state index contributed by atoms with van der Waals surface area (Å²) in [6, 6.07) is 1.16. The van der Waals surface area contributed by atoms with Crippen molar-refractivity contribution in [2.45, 2.75) is 82.7 Å². The molecule has 1 aromatic heterocycles. The lowest BCUT2D eigenvalue weighted by atomic mass is 9.82. The van der Waals surface area contributed by atoms with Gasteiger partial charge in [0.15, 0.2) is 0 Å². The van der Waals surface area contributed by atoms with Gasteiger partial charge in [0.05, 0.1) is 0 Å². The molecule has 4 aliphatic carbocycles. The quantitative estimate of drug-likeness (QED) is 0.602. The molecule has 0 saturated carbocycles. The third-order valence-corrected chi connectivity index (χ3v) is 8.18. The highest BCUT2D eigenvalue weighted by atomic mass is 32.1. The van der Waals surface area contributed by atoms with Gasteiger partial charge in [-0.1, -0.05) is 29.9 Å². The predicted octanol–water partition coefficient (Wildman–Crippen LogP) is 6.51. The molecule has 0 fully saturated rings. The Morgan fingerprint density at radius 1 is 0.885 bits per heavy atom. The summed E-state index contributed by atoms with van der Waals surface area (Å²) >= 11 is 2.08. The molecule has 1 nitrogen and oxygen atoms in total. The average molecular weight is 366 g/mol. The molecule has 2 heteroatoms. The fraction of sp³-hybridized carbons (Fsp3) is 0.583. The molecular formula is C24H31NS. The predicted molar refractivity (Wildman–Crippen MR) is 113 cm³/mol. The molecule has 1 N–H and O–H groups in total. The fourth-order valence-corrected chi connectivity index (χ4v) is 6.85. The second-order valence-electron chi connectivity index (χ2n) is 8.54. The van der Waals surface area contributed by atoms with Crippen molar-refractivity contribution in [3.05, 3.63) is 50.8 Å². The highest BCUT2D eigenvalue weighted by Gasteiger charge is 2.29. The van der Waals surface area contributed by atoms with Crippen LogP contribution >= 0.6 is 11.3 Å². The van der Waals surface area contributed by atoms with Gasteiger partial charge in [-0.25, -0.2) is 0 Å². The van der Waals surface area contributed by atoms with E-state index in [9.17, 15) is 0 Å². The number of nitrogens with one attached hydrogen (secondary N) is 1. The van der Waals surface area contributed by atoms with Crippen molar-refractivity contribution in [1.29, 1.82) is 0 Å². The lowest BCUT2D eigenvalue weighted by molar-refractivity contribution is 0.394. The molecule has 0 bridgehead atoms. The number of fused-ring (bicyclic) bond motifs is 3. The minimum absolute atomic E-state index is 0.570. The summed E-state index contributed by atoms with van der Waals surface area (Å²) in [6.07, 6.45) is 26.8. The molecule has 0 aromatic carbocycles. The van der Waals surface area contributed by atoms with E-state index in [0.29, 0.717) is 12.1 Å². The molecule has 0 radical (unpaired) electrons. The van der Waals surface area contributed by atoms with Crippen LogP contribution in [0.25, 0.3) is 6.08 Å². The lowest BCUT2D eigenvalue weighted by Gasteiger charge is -2.31. The zero-order chi connectivity index (χ0) is 17.3.